The van der Waals surface area contributed by atoms with Gasteiger partial charge in [-0.15, -0.1) is 0 Å². The summed E-state index contributed by atoms with van der Waals surface area (Å²) in [6, 6.07) is 1.57. The van der Waals surface area contributed by atoms with Crippen LogP contribution in [0.5, 0.6) is 11.5 Å². The number of aromatic hydroxyl groups is 2. The molecule has 0 heterocycles. The molecule has 0 aliphatic carbocycles. The molecule has 72 valence electrons. The fourth-order valence-electron chi connectivity index (χ4n) is 0.935. The number of phenols is 2. The third-order valence-electron chi connectivity index (χ3n) is 1.65. The summed E-state index contributed by atoms with van der Waals surface area (Å²) in [6.45, 7) is 1.57. The number of hydrogen-bond acceptors (Lipinski definition) is 3. The fraction of sp³-hybridized carbons (Fsp3) is 0.250. The second-order valence-corrected chi connectivity index (χ2v) is 4.88. The van der Waals surface area contributed by atoms with Crippen LogP contribution in [-0.4, -0.2) is 15.3 Å². The second-order valence-electron chi connectivity index (χ2n) is 2.63. The van der Waals surface area contributed by atoms with Gasteiger partial charge >= 0.3 is 0 Å². The third-order valence-corrected chi connectivity index (χ3v) is 3.49. The van der Waals surface area contributed by atoms with E-state index in [1.165, 1.54) is 0 Å². The second kappa shape index (κ2) is 4.18. The molecule has 3 nitrogen and oxygen atoms in total. The van der Waals surface area contributed by atoms with E-state index in [0.717, 1.165) is 0 Å². The summed E-state index contributed by atoms with van der Waals surface area (Å²) in [4.78, 5) is 0. The number of rotatable bonds is 1. The van der Waals surface area contributed by atoms with Crippen molar-refractivity contribution in [3.8, 4) is 11.5 Å². The third kappa shape index (κ3) is 2.18. The lowest BCUT2D eigenvalue weighted by molar-refractivity contribution is 0.194. The van der Waals surface area contributed by atoms with Crippen molar-refractivity contribution in [2.75, 3.05) is 0 Å². The Morgan fingerprint density at radius 2 is 1.77 bits per heavy atom. The molecule has 1 aromatic rings. The Labute approximate surface area is 103 Å². The van der Waals surface area contributed by atoms with Crippen molar-refractivity contribution in [3.05, 3.63) is 18.8 Å². The first-order valence-electron chi connectivity index (χ1n) is 3.53. The monoisotopic (exact) mass is 406 g/mol. The fourth-order valence-corrected chi connectivity index (χ4v) is 2.66. The minimum atomic E-state index is -0.734. The van der Waals surface area contributed by atoms with Crippen LogP contribution in [-0.2, 0) is 0 Å². The van der Waals surface area contributed by atoms with Crippen LogP contribution in [0.2, 0.25) is 0 Å². The number of aliphatic hydroxyl groups is 1. The summed E-state index contributed by atoms with van der Waals surface area (Å²) >= 11 is 3.79. The molecule has 1 aromatic carbocycles. The molecule has 0 saturated heterocycles. The molecule has 0 aromatic heterocycles. The number of hydrogen-bond donors (Lipinski definition) is 3. The first kappa shape index (κ1) is 11.3. The van der Waals surface area contributed by atoms with Gasteiger partial charge in [0.25, 0.3) is 0 Å². The quantitative estimate of drug-likeness (QED) is 0.628. The zero-order valence-corrected chi connectivity index (χ0v) is 11.1. The van der Waals surface area contributed by atoms with Crippen molar-refractivity contribution >= 4 is 45.2 Å². The van der Waals surface area contributed by atoms with Gasteiger partial charge in [0, 0.05) is 5.56 Å². The molecule has 0 aliphatic rings. The summed E-state index contributed by atoms with van der Waals surface area (Å²) in [5.41, 5.74) is 0.437. The van der Waals surface area contributed by atoms with E-state index < -0.39 is 6.10 Å². The largest absolute Gasteiger partial charge is 0.506 e. The van der Waals surface area contributed by atoms with Gasteiger partial charge in [-0.05, 0) is 58.2 Å². The van der Waals surface area contributed by atoms with Crippen molar-refractivity contribution in [3.63, 3.8) is 0 Å². The smallest absolute Gasteiger partial charge is 0.145 e. The zero-order valence-electron chi connectivity index (χ0n) is 6.75. The first-order chi connectivity index (χ1) is 5.95. The highest BCUT2D eigenvalue weighted by atomic mass is 127. The summed E-state index contributed by atoms with van der Waals surface area (Å²) in [7, 11) is 0. The van der Waals surface area contributed by atoms with Crippen LogP contribution in [0.3, 0.4) is 0 Å². The van der Waals surface area contributed by atoms with Crippen molar-refractivity contribution in [1.82, 2.24) is 0 Å². The van der Waals surface area contributed by atoms with Gasteiger partial charge in [0.1, 0.15) is 11.5 Å². The molecule has 0 radical (unpaired) electrons. The lowest BCUT2D eigenvalue weighted by atomic mass is 10.1. The van der Waals surface area contributed by atoms with Crippen molar-refractivity contribution in [2.45, 2.75) is 13.0 Å². The molecular formula is C8H8I2O3. The summed E-state index contributed by atoms with van der Waals surface area (Å²) in [5, 5.41) is 28.3. The minimum absolute atomic E-state index is 0.0477. The van der Waals surface area contributed by atoms with Crippen LogP contribution < -0.4 is 0 Å². The van der Waals surface area contributed by atoms with E-state index in [9.17, 15) is 15.3 Å². The van der Waals surface area contributed by atoms with Crippen molar-refractivity contribution in [1.29, 1.82) is 0 Å². The summed E-state index contributed by atoms with van der Waals surface area (Å²) < 4.78 is 0.996. The summed E-state index contributed by atoms with van der Waals surface area (Å²) in [5.74, 6) is 0.0108. The molecule has 0 spiro atoms. The molecule has 13 heavy (non-hydrogen) atoms. The van der Waals surface area contributed by atoms with Gasteiger partial charge in [-0.2, -0.15) is 0 Å². The SMILES string of the molecule is CC(O)c1cc(I)c(O)c(I)c1O. The maximum atomic E-state index is 9.54. The minimum Gasteiger partial charge on any atom is -0.506 e. The Morgan fingerprint density at radius 1 is 1.23 bits per heavy atom. The van der Waals surface area contributed by atoms with Gasteiger partial charge < -0.3 is 15.3 Å². The average molecular weight is 406 g/mol. The number of halogens is 2. The van der Waals surface area contributed by atoms with E-state index in [1.54, 1.807) is 13.0 Å². The molecule has 0 aliphatic heterocycles. The average Bonchev–Trinajstić information content (AvgIpc) is 2.07. The van der Waals surface area contributed by atoms with Gasteiger partial charge in [-0.1, -0.05) is 0 Å². The topological polar surface area (TPSA) is 60.7 Å². The molecule has 0 amide bonds. The van der Waals surface area contributed by atoms with Crippen molar-refractivity contribution < 1.29 is 15.3 Å². The molecule has 1 unspecified atom stereocenters. The molecule has 0 saturated carbocycles. The maximum absolute atomic E-state index is 9.54. The zero-order chi connectivity index (χ0) is 10.2. The normalized spacial score (nSPS) is 12.9. The molecule has 0 bridgehead atoms. The summed E-state index contributed by atoms with van der Waals surface area (Å²) in [6.07, 6.45) is -0.734. The predicted molar refractivity (Wildman–Crippen MR) is 65.8 cm³/mol. The maximum Gasteiger partial charge on any atom is 0.145 e. The Hall–Kier alpha value is 0.240. The standard InChI is InChI=1S/C8H8I2O3/c1-3(11)4-2-5(9)8(13)6(10)7(4)12/h2-3,11-13H,1H3. The predicted octanol–water partition coefficient (Wildman–Crippen LogP) is 2.36. The number of aliphatic hydroxyl groups excluding tert-OH is 1. The van der Waals surface area contributed by atoms with Gasteiger partial charge in [0.2, 0.25) is 0 Å². The number of phenolic OH excluding ortho intramolecular Hbond substituents is 2. The molecule has 5 heteroatoms. The first-order valence-corrected chi connectivity index (χ1v) is 5.68. The molecule has 1 atom stereocenters. The Morgan fingerprint density at radius 3 is 2.23 bits per heavy atom. The highest BCUT2D eigenvalue weighted by Crippen LogP contribution is 2.38. The van der Waals surface area contributed by atoms with Crippen LogP contribution in [0.15, 0.2) is 6.07 Å². The van der Waals surface area contributed by atoms with E-state index in [4.69, 9.17) is 0 Å². The van der Waals surface area contributed by atoms with Gasteiger partial charge in [0.15, 0.2) is 0 Å². The lowest BCUT2D eigenvalue weighted by Gasteiger charge is -2.11. The molecule has 0 fully saturated rings. The van der Waals surface area contributed by atoms with E-state index in [2.05, 4.69) is 0 Å². The Kier molecular flexibility index (Phi) is 3.64. The van der Waals surface area contributed by atoms with Crippen LogP contribution >= 0.6 is 45.2 Å². The Bertz CT molecular complexity index is 337. The lowest BCUT2D eigenvalue weighted by Crippen LogP contribution is -1.95. The van der Waals surface area contributed by atoms with Crippen LogP contribution in [0, 0.1) is 7.14 Å². The number of benzene rings is 1. The highest BCUT2D eigenvalue weighted by Gasteiger charge is 2.16. The molecular weight excluding hydrogens is 398 g/mol. The highest BCUT2D eigenvalue weighted by molar-refractivity contribution is 14.1. The van der Waals surface area contributed by atoms with Crippen LogP contribution in [0.1, 0.15) is 18.6 Å². The Balaban J connectivity index is 3.41. The van der Waals surface area contributed by atoms with Crippen LogP contribution in [0.25, 0.3) is 0 Å². The van der Waals surface area contributed by atoms with E-state index in [-0.39, 0.29) is 11.5 Å². The van der Waals surface area contributed by atoms with E-state index in [0.29, 0.717) is 12.7 Å². The van der Waals surface area contributed by atoms with Crippen molar-refractivity contribution in [2.24, 2.45) is 0 Å². The van der Waals surface area contributed by atoms with Gasteiger partial charge in [0.05, 0.1) is 13.2 Å². The molecule has 1 rings (SSSR count). The molecule has 3 N–H and O–H groups in total. The van der Waals surface area contributed by atoms with Gasteiger partial charge in [-0.25, -0.2) is 0 Å². The van der Waals surface area contributed by atoms with E-state index >= 15 is 0 Å². The van der Waals surface area contributed by atoms with Crippen LogP contribution in [0.4, 0.5) is 0 Å². The van der Waals surface area contributed by atoms with E-state index in [1.807, 2.05) is 45.2 Å². The van der Waals surface area contributed by atoms with Gasteiger partial charge in [-0.3, -0.25) is 0 Å².